The Morgan fingerprint density at radius 1 is 1.22 bits per heavy atom. The van der Waals surface area contributed by atoms with Crippen molar-refractivity contribution < 1.29 is 27.3 Å². The second kappa shape index (κ2) is 7.42. The molecule has 0 atom stereocenters. The Hall–Kier alpha value is -2.84. The number of amides is 2. The van der Waals surface area contributed by atoms with Gasteiger partial charge in [-0.3, -0.25) is 9.59 Å². The van der Waals surface area contributed by atoms with Crippen molar-refractivity contribution in [3.63, 3.8) is 0 Å². The van der Waals surface area contributed by atoms with Crippen LogP contribution in [0.5, 0.6) is 0 Å². The van der Waals surface area contributed by atoms with E-state index in [0.29, 0.717) is 18.6 Å². The lowest BCUT2D eigenvalue weighted by atomic mass is 10.0. The molecule has 1 aliphatic rings. The Bertz CT molecular complexity index is 840. The van der Waals surface area contributed by atoms with Gasteiger partial charge in [0, 0.05) is 25.2 Å². The number of alkyl halides is 3. The molecular weight excluding hydrogens is 363 g/mol. The van der Waals surface area contributed by atoms with Gasteiger partial charge in [0.05, 0.1) is 11.1 Å². The molecule has 6 nitrogen and oxygen atoms in total. The molecule has 1 fully saturated rings. The number of piperidine rings is 1. The summed E-state index contributed by atoms with van der Waals surface area (Å²) in [4.78, 5) is 26.0. The highest BCUT2D eigenvalue weighted by molar-refractivity contribution is 5.96. The van der Waals surface area contributed by atoms with Gasteiger partial charge in [0.1, 0.15) is 5.76 Å². The molecule has 0 aliphatic carbocycles. The van der Waals surface area contributed by atoms with Crippen LogP contribution < -0.4 is 5.32 Å². The Morgan fingerprint density at radius 2 is 1.89 bits per heavy atom. The fraction of sp³-hybridized carbons (Fsp3) is 0.389. The van der Waals surface area contributed by atoms with Crippen LogP contribution in [-0.4, -0.2) is 41.0 Å². The third kappa shape index (κ3) is 4.29. The summed E-state index contributed by atoms with van der Waals surface area (Å²) < 4.78 is 44.2. The quantitative estimate of drug-likeness (QED) is 0.887. The Kier molecular flexibility index (Phi) is 5.20. The van der Waals surface area contributed by atoms with E-state index in [0.717, 1.165) is 6.07 Å². The van der Waals surface area contributed by atoms with Crippen molar-refractivity contribution in [2.45, 2.75) is 32.0 Å². The van der Waals surface area contributed by atoms with Crippen molar-refractivity contribution in [1.82, 2.24) is 15.4 Å². The fourth-order valence-corrected chi connectivity index (χ4v) is 3.05. The van der Waals surface area contributed by atoms with E-state index in [9.17, 15) is 22.8 Å². The Balaban J connectivity index is 1.61. The molecule has 1 aliphatic heterocycles. The standard InChI is InChI=1S/C18H18F3N3O3/c1-11-10-15(23-27-11)16(25)22-12-6-8-24(9-7-12)17(26)13-4-2-3-5-14(13)18(19,20)21/h2-5,10,12H,6-9H2,1H3,(H,22,25). The monoisotopic (exact) mass is 381 g/mol. The number of halogens is 3. The number of benzene rings is 1. The maximum atomic E-state index is 13.1. The highest BCUT2D eigenvalue weighted by atomic mass is 19.4. The van der Waals surface area contributed by atoms with Crippen LogP contribution in [0.1, 0.15) is 45.0 Å². The van der Waals surface area contributed by atoms with Gasteiger partial charge in [0.2, 0.25) is 0 Å². The minimum absolute atomic E-state index is 0.171. The number of carbonyl (C=O) groups is 2. The van der Waals surface area contributed by atoms with Gasteiger partial charge in [-0.1, -0.05) is 17.3 Å². The molecule has 2 aromatic rings. The van der Waals surface area contributed by atoms with E-state index in [1.165, 1.54) is 29.2 Å². The average Bonchev–Trinajstić information content (AvgIpc) is 3.08. The minimum atomic E-state index is -4.59. The lowest BCUT2D eigenvalue weighted by Gasteiger charge is -2.32. The van der Waals surface area contributed by atoms with Crippen molar-refractivity contribution in [2.75, 3.05) is 13.1 Å². The molecule has 1 aromatic heterocycles. The molecular formula is C18H18F3N3O3. The molecule has 0 radical (unpaired) electrons. The summed E-state index contributed by atoms with van der Waals surface area (Å²) in [6.45, 7) is 2.19. The first-order valence-corrected chi connectivity index (χ1v) is 8.45. The molecule has 1 aromatic carbocycles. The molecule has 9 heteroatoms. The molecule has 0 unspecified atom stereocenters. The van der Waals surface area contributed by atoms with Gasteiger partial charge >= 0.3 is 6.18 Å². The first-order valence-electron chi connectivity index (χ1n) is 8.45. The van der Waals surface area contributed by atoms with Gasteiger partial charge in [0.15, 0.2) is 5.69 Å². The number of nitrogens with one attached hydrogen (secondary N) is 1. The summed E-state index contributed by atoms with van der Waals surface area (Å²) >= 11 is 0. The van der Waals surface area contributed by atoms with Crippen molar-refractivity contribution in [3.05, 3.63) is 52.9 Å². The summed E-state index contributed by atoms with van der Waals surface area (Å²) in [6.07, 6.45) is -3.70. The molecule has 0 bridgehead atoms. The Labute approximate surface area is 153 Å². The predicted octanol–water partition coefficient (Wildman–Crippen LogP) is 3.04. The van der Waals surface area contributed by atoms with Crippen LogP contribution >= 0.6 is 0 Å². The summed E-state index contributed by atoms with van der Waals surface area (Å²) in [5.74, 6) is -0.511. The fourth-order valence-electron chi connectivity index (χ4n) is 3.05. The third-order valence-corrected chi connectivity index (χ3v) is 4.44. The molecule has 144 valence electrons. The van der Waals surface area contributed by atoms with Crippen LogP contribution in [0.3, 0.4) is 0 Å². The first kappa shape index (κ1) is 18.9. The maximum Gasteiger partial charge on any atom is 0.417 e. The lowest BCUT2D eigenvalue weighted by molar-refractivity contribution is -0.138. The smallest absolute Gasteiger partial charge is 0.361 e. The largest absolute Gasteiger partial charge is 0.417 e. The van der Waals surface area contributed by atoms with Crippen molar-refractivity contribution in [3.8, 4) is 0 Å². The number of aromatic nitrogens is 1. The van der Waals surface area contributed by atoms with Gasteiger partial charge in [-0.2, -0.15) is 13.2 Å². The molecule has 1 saturated heterocycles. The zero-order chi connectivity index (χ0) is 19.6. The molecule has 2 amide bonds. The van der Waals surface area contributed by atoms with Crippen LogP contribution in [0.4, 0.5) is 13.2 Å². The van der Waals surface area contributed by atoms with Crippen molar-refractivity contribution in [1.29, 1.82) is 0 Å². The van der Waals surface area contributed by atoms with Crippen LogP contribution in [0.15, 0.2) is 34.9 Å². The van der Waals surface area contributed by atoms with Crippen LogP contribution in [0.25, 0.3) is 0 Å². The van der Waals surface area contributed by atoms with E-state index < -0.39 is 17.6 Å². The van der Waals surface area contributed by atoms with E-state index >= 15 is 0 Å². The maximum absolute atomic E-state index is 13.1. The number of hydrogen-bond acceptors (Lipinski definition) is 4. The van der Waals surface area contributed by atoms with E-state index in [1.54, 1.807) is 6.92 Å². The topological polar surface area (TPSA) is 75.4 Å². The molecule has 3 rings (SSSR count). The van der Waals surface area contributed by atoms with E-state index in [2.05, 4.69) is 10.5 Å². The number of nitrogens with zero attached hydrogens (tertiary/aromatic N) is 2. The van der Waals surface area contributed by atoms with Gasteiger partial charge in [-0.15, -0.1) is 0 Å². The summed E-state index contributed by atoms with van der Waals surface area (Å²) in [5, 5.41) is 6.44. The normalized spacial score (nSPS) is 15.6. The highest BCUT2D eigenvalue weighted by Crippen LogP contribution is 2.32. The number of hydrogen-bond donors (Lipinski definition) is 1. The summed E-state index contributed by atoms with van der Waals surface area (Å²) in [6, 6.07) is 6.09. The van der Waals surface area contributed by atoms with Crippen LogP contribution in [0.2, 0.25) is 0 Å². The number of likely N-dealkylation sites (tertiary alicyclic amines) is 1. The van der Waals surface area contributed by atoms with E-state index in [1.807, 2.05) is 0 Å². The number of aryl methyl sites for hydroxylation is 1. The van der Waals surface area contributed by atoms with Crippen LogP contribution in [-0.2, 0) is 6.18 Å². The van der Waals surface area contributed by atoms with Crippen molar-refractivity contribution in [2.24, 2.45) is 0 Å². The molecule has 0 saturated carbocycles. The number of rotatable bonds is 3. The molecule has 27 heavy (non-hydrogen) atoms. The van der Waals surface area contributed by atoms with Crippen LogP contribution in [0, 0.1) is 6.92 Å². The van der Waals surface area contributed by atoms with Gasteiger partial charge in [-0.25, -0.2) is 0 Å². The first-order chi connectivity index (χ1) is 12.8. The zero-order valence-corrected chi connectivity index (χ0v) is 14.5. The van der Waals surface area contributed by atoms with Gasteiger partial charge < -0.3 is 14.7 Å². The predicted molar refractivity (Wildman–Crippen MR) is 89.1 cm³/mol. The summed E-state index contributed by atoms with van der Waals surface area (Å²) in [5.41, 5.74) is -1.12. The highest BCUT2D eigenvalue weighted by Gasteiger charge is 2.36. The summed E-state index contributed by atoms with van der Waals surface area (Å²) in [7, 11) is 0. The Morgan fingerprint density at radius 3 is 2.48 bits per heavy atom. The zero-order valence-electron chi connectivity index (χ0n) is 14.5. The van der Waals surface area contributed by atoms with Gasteiger partial charge in [-0.05, 0) is 31.9 Å². The molecule has 2 heterocycles. The van der Waals surface area contributed by atoms with E-state index in [4.69, 9.17) is 4.52 Å². The third-order valence-electron chi connectivity index (χ3n) is 4.44. The lowest BCUT2D eigenvalue weighted by Crippen LogP contribution is -2.46. The molecule has 1 N–H and O–H groups in total. The van der Waals surface area contributed by atoms with Gasteiger partial charge in [0.25, 0.3) is 11.8 Å². The second-order valence-electron chi connectivity index (χ2n) is 6.41. The SMILES string of the molecule is Cc1cc(C(=O)NC2CCN(C(=O)c3ccccc3C(F)(F)F)CC2)no1. The molecule has 0 spiro atoms. The minimum Gasteiger partial charge on any atom is -0.361 e. The second-order valence-corrected chi connectivity index (χ2v) is 6.41. The van der Waals surface area contributed by atoms with Crippen molar-refractivity contribution >= 4 is 11.8 Å². The number of carbonyl (C=O) groups excluding carboxylic acids is 2. The average molecular weight is 381 g/mol. The van der Waals surface area contributed by atoms with E-state index in [-0.39, 0.29) is 36.3 Å².